The third-order valence-corrected chi connectivity index (χ3v) is 6.51. The lowest BCUT2D eigenvalue weighted by atomic mass is 10.0. The second kappa shape index (κ2) is 9.52. The summed E-state index contributed by atoms with van der Waals surface area (Å²) in [6.07, 6.45) is 2.26. The summed E-state index contributed by atoms with van der Waals surface area (Å²) >= 11 is 6.16. The molecule has 0 aliphatic carbocycles. The molecule has 2 fully saturated rings. The minimum Gasteiger partial charge on any atom is -0.376 e. The van der Waals surface area contributed by atoms with Gasteiger partial charge in [0, 0.05) is 43.5 Å². The molecule has 0 unspecified atom stereocenters. The van der Waals surface area contributed by atoms with Crippen molar-refractivity contribution in [1.29, 1.82) is 0 Å². The molecule has 168 valence electrons. The van der Waals surface area contributed by atoms with E-state index >= 15 is 0 Å². The predicted octanol–water partition coefficient (Wildman–Crippen LogP) is 3.56. The van der Waals surface area contributed by atoms with E-state index in [2.05, 4.69) is 25.3 Å². The van der Waals surface area contributed by atoms with Crippen LogP contribution in [0.4, 0.5) is 10.1 Å². The molecule has 0 spiro atoms. The molecule has 0 bridgehead atoms. The Bertz CT molecular complexity index is 1010. The van der Waals surface area contributed by atoms with Gasteiger partial charge in [-0.05, 0) is 65.2 Å². The summed E-state index contributed by atoms with van der Waals surface area (Å²) in [5.74, 6) is 0.603. The lowest BCUT2D eigenvalue weighted by Gasteiger charge is -2.40. The number of hydrogen-bond donors (Lipinski definition) is 0. The fourth-order valence-electron chi connectivity index (χ4n) is 4.58. The average molecular weight is 457 g/mol. The molecule has 2 aliphatic rings. The van der Waals surface area contributed by atoms with E-state index in [9.17, 15) is 4.39 Å². The molecule has 2 aliphatic heterocycles. The molecule has 2 saturated heterocycles. The van der Waals surface area contributed by atoms with Crippen LogP contribution in [-0.4, -0.2) is 64.0 Å². The van der Waals surface area contributed by atoms with Crippen molar-refractivity contribution in [2.45, 2.75) is 31.5 Å². The van der Waals surface area contributed by atoms with Crippen molar-refractivity contribution >= 4 is 17.3 Å². The summed E-state index contributed by atoms with van der Waals surface area (Å²) in [5, 5.41) is 13.4. The maximum absolute atomic E-state index is 13.3. The molecule has 5 rings (SSSR count). The molecule has 2 aromatic carbocycles. The lowest BCUT2D eigenvalue weighted by molar-refractivity contribution is 0.0906. The molecule has 3 heterocycles. The van der Waals surface area contributed by atoms with E-state index < -0.39 is 0 Å². The summed E-state index contributed by atoms with van der Waals surface area (Å²) in [7, 11) is 0. The molecule has 0 saturated carbocycles. The highest BCUT2D eigenvalue weighted by Crippen LogP contribution is 2.30. The topological polar surface area (TPSA) is 59.3 Å². The molecular formula is C23H26ClFN6O. The van der Waals surface area contributed by atoms with Crippen LogP contribution in [0.5, 0.6) is 0 Å². The van der Waals surface area contributed by atoms with Crippen molar-refractivity contribution in [2.75, 3.05) is 37.7 Å². The first kappa shape index (κ1) is 21.3. The first-order valence-electron chi connectivity index (χ1n) is 11.0. The van der Waals surface area contributed by atoms with Gasteiger partial charge in [-0.2, -0.15) is 0 Å². The van der Waals surface area contributed by atoms with Crippen LogP contribution >= 0.6 is 11.6 Å². The molecule has 0 radical (unpaired) electrons. The fraction of sp³-hybridized carbons (Fsp3) is 0.435. The van der Waals surface area contributed by atoms with Crippen molar-refractivity contribution in [2.24, 2.45) is 0 Å². The highest BCUT2D eigenvalue weighted by molar-refractivity contribution is 6.30. The van der Waals surface area contributed by atoms with Gasteiger partial charge in [-0.3, -0.25) is 4.90 Å². The Morgan fingerprint density at radius 2 is 1.78 bits per heavy atom. The van der Waals surface area contributed by atoms with Crippen molar-refractivity contribution < 1.29 is 9.13 Å². The lowest BCUT2D eigenvalue weighted by Crippen LogP contribution is -2.48. The third kappa shape index (κ3) is 4.62. The summed E-state index contributed by atoms with van der Waals surface area (Å²) in [6, 6.07) is 14.5. The highest BCUT2D eigenvalue weighted by Gasteiger charge is 2.31. The average Bonchev–Trinajstić information content (AvgIpc) is 3.49. The van der Waals surface area contributed by atoms with E-state index in [0.29, 0.717) is 11.6 Å². The maximum atomic E-state index is 13.3. The number of rotatable bonds is 6. The van der Waals surface area contributed by atoms with Crippen LogP contribution in [0, 0.1) is 5.82 Å². The van der Waals surface area contributed by atoms with Gasteiger partial charge in [0.1, 0.15) is 5.82 Å². The number of halogens is 2. The van der Waals surface area contributed by atoms with Crippen LogP contribution in [-0.2, 0) is 11.3 Å². The van der Waals surface area contributed by atoms with Crippen molar-refractivity contribution in [3.05, 3.63) is 70.8 Å². The minimum atomic E-state index is -0.215. The van der Waals surface area contributed by atoms with Gasteiger partial charge in [0.25, 0.3) is 0 Å². The van der Waals surface area contributed by atoms with Crippen LogP contribution in [0.3, 0.4) is 0 Å². The molecule has 3 aromatic rings. The molecule has 9 heteroatoms. The van der Waals surface area contributed by atoms with E-state index in [0.717, 1.165) is 62.7 Å². The molecule has 1 aromatic heterocycles. The van der Waals surface area contributed by atoms with Gasteiger partial charge in [-0.25, -0.2) is 9.07 Å². The second-order valence-electron chi connectivity index (χ2n) is 8.31. The summed E-state index contributed by atoms with van der Waals surface area (Å²) in [4.78, 5) is 4.69. The van der Waals surface area contributed by atoms with Gasteiger partial charge in [0.2, 0.25) is 0 Å². The Hall–Kier alpha value is -2.55. The van der Waals surface area contributed by atoms with Crippen LogP contribution in [0.1, 0.15) is 30.3 Å². The number of ether oxygens (including phenoxy) is 1. The molecule has 2 atom stereocenters. The number of anilines is 1. The first-order valence-corrected chi connectivity index (χ1v) is 11.4. The maximum Gasteiger partial charge on any atom is 0.173 e. The normalized spacial score (nSPS) is 20.6. The Kier molecular flexibility index (Phi) is 6.34. The van der Waals surface area contributed by atoms with E-state index in [1.165, 1.54) is 12.1 Å². The van der Waals surface area contributed by atoms with Crippen LogP contribution in [0.25, 0.3) is 0 Å². The molecular weight excluding hydrogens is 431 g/mol. The zero-order valence-corrected chi connectivity index (χ0v) is 18.5. The largest absolute Gasteiger partial charge is 0.376 e. The quantitative estimate of drug-likeness (QED) is 0.565. The Morgan fingerprint density at radius 1 is 1.03 bits per heavy atom. The zero-order chi connectivity index (χ0) is 21.9. The van der Waals surface area contributed by atoms with Crippen LogP contribution < -0.4 is 4.90 Å². The zero-order valence-electron chi connectivity index (χ0n) is 17.8. The minimum absolute atomic E-state index is 0.0842. The van der Waals surface area contributed by atoms with Gasteiger partial charge in [0.15, 0.2) is 5.82 Å². The summed E-state index contributed by atoms with van der Waals surface area (Å²) in [5.41, 5.74) is 2.14. The number of aromatic nitrogens is 4. The number of piperazine rings is 1. The van der Waals surface area contributed by atoms with Gasteiger partial charge >= 0.3 is 0 Å². The summed E-state index contributed by atoms with van der Waals surface area (Å²) in [6.45, 7) is 4.79. The third-order valence-electron chi connectivity index (χ3n) is 6.26. The van der Waals surface area contributed by atoms with Crippen molar-refractivity contribution in [1.82, 2.24) is 25.1 Å². The second-order valence-corrected chi connectivity index (χ2v) is 8.74. The van der Waals surface area contributed by atoms with E-state index in [1.54, 1.807) is 0 Å². The van der Waals surface area contributed by atoms with Crippen molar-refractivity contribution in [3.8, 4) is 0 Å². The number of tetrazole rings is 1. The number of hydrogen-bond acceptors (Lipinski definition) is 6. The van der Waals surface area contributed by atoms with E-state index in [1.807, 2.05) is 41.1 Å². The molecule has 7 nitrogen and oxygen atoms in total. The Morgan fingerprint density at radius 3 is 2.47 bits per heavy atom. The van der Waals surface area contributed by atoms with Gasteiger partial charge in [0.05, 0.1) is 18.7 Å². The van der Waals surface area contributed by atoms with Crippen LogP contribution in [0.2, 0.25) is 5.02 Å². The highest BCUT2D eigenvalue weighted by atomic mass is 35.5. The molecule has 0 N–H and O–H groups in total. The first-order chi connectivity index (χ1) is 15.7. The van der Waals surface area contributed by atoms with Gasteiger partial charge in [-0.1, -0.05) is 23.7 Å². The monoisotopic (exact) mass is 456 g/mol. The van der Waals surface area contributed by atoms with Gasteiger partial charge in [-0.15, -0.1) is 5.10 Å². The van der Waals surface area contributed by atoms with E-state index in [4.69, 9.17) is 16.3 Å². The van der Waals surface area contributed by atoms with E-state index in [-0.39, 0.29) is 18.0 Å². The fourth-order valence-corrected chi connectivity index (χ4v) is 4.70. The standard InChI is InChI=1S/C23H26ClFN6O/c24-18-5-3-17(4-6-18)22(23-26-27-28-31(23)16-21-2-1-15-32-21)30-13-11-29(12-14-30)20-9-7-19(25)8-10-20/h3-10,21-22H,1-2,11-16H2/t21-,22-/m0/s1. The smallest absolute Gasteiger partial charge is 0.173 e. The predicted molar refractivity (Wildman–Crippen MR) is 120 cm³/mol. The number of benzene rings is 2. The number of nitrogens with zero attached hydrogens (tertiary/aromatic N) is 6. The molecule has 32 heavy (non-hydrogen) atoms. The van der Waals surface area contributed by atoms with Gasteiger partial charge < -0.3 is 9.64 Å². The SMILES string of the molecule is Fc1ccc(N2CCN([C@@H](c3ccc(Cl)cc3)c3nnnn3C[C@@H]3CCCO3)CC2)cc1. The Balaban J connectivity index is 1.38. The molecule has 0 amide bonds. The summed E-state index contributed by atoms with van der Waals surface area (Å²) < 4.78 is 21.0. The van der Waals surface area contributed by atoms with Crippen LogP contribution in [0.15, 0.2) is 48.5 Å². The van der Waals surface area contributed by atoms with Crippen molar-refractivity contribution in [3.63, 3.8) is 0 Å². The Labute approximate surface area is 191 Å².